The van der Waals surface area contributed by atoms with Crippen molar-refractivity contribution in [3.05, 3.63) is 223 Å². The lowest BCUT2D eigenvalue weighted by molar-refractivity contribution is -0.248. The van der Waals surface area contributed by atoms with E-state index < -0.39 is 46.3 Å². The molecule has 0 atom stereocenters. The van der Waals surface area contributed by atoms with Crippen molar-refractivity contribution >= 4 is 35.3 Å². The summed E-state index contributed by atoms with van der Waals surface area (Å²) in [7, 11) is 2.68. The number of nitriles is 2. The van der Waals surface area contributed by atoms with Crippen LogP contribution in [-0.2, 0) is 61.9 Å². The molecule has 4 aromatic carbocycles. The highest BCUT2D eigenvalue weighted by atomic mass is 16.7. The molecule has 4 aliphatic heterocycles. The predicted octanol–water partition coefficient (Wildman–Crippen LogP) is 12.4. The van der Waals surface area contributed by atoms with E-state index in [1.165, 1.54) is 14.2 Å². The molecule has 4 heterocycles. The maximum atomic E-state index is 14.3. The first-order chi connectivity index (χ1) is 39.4. The number of carbonyl (C=O) groups excluding carboxylic acids is 4. The second-order valence-corrected chi connectivity index (χ2v) is 22.4. The standard InChI is InChI=1S/C66H60N6O10/c1-63(2)49-13-9-11-15-53(49)71(39-41-17-21-45(22-18-41)59(73)77-7)55(63)27-25-47-57(51(37-67)69-5)79-65(81-61(47)75)33-29-43(30-34-65)44-31-35-66(36-32-44)80-58(52(38-68)70-6)48(62(76)82-66)26-28-56-64(3,4)50-14-10-12-16-54(50)72(56)40-42-19-23-46(24-20-42)60(74)78-8/h9-28,43-44H,29-36,39-40H2,1-4,7-8H3/b47-25+,48-26+,55-27-,56-28-,57-51-,58-52+. The van der Waals surface area contributed by atoms with Crippen molar-refractivity contribution in [3.63, 3.8) is 0 Å². The Morgan fingerprint density at radius 3 is 1.26 bits per heavy atom. The van der Waals surface area contributed by atoms with E-state index in [-0.39, 0.29) is 45.9 Å². The van der Waals surface area contributed by atoms with Crippen molar-refractivity contribution in [2.24, 2.45) is 11.8 Å². The number of allylic oxidation sites excluding steroid dienone is 8. The molecule has 0 unspecified atom stereocenters. The van der Waals surface area contributed by atoms with Crippen LogP contribution in [0.2, 0.25) is 0 Å². The second-order valence-electron chi connectivity index (χ2n) is 22.4. The summed E-state index contributed by atoms with van der Waals surface area (Å²) in [6.45, 7) is 25.1. The number of fused-ring (bicyclic) bond motifs is 2. The number of ether oxygens (including phenoxy) is 6. The van der Waals surface area contributed by atoms with Crippen molar-refractivity contribution < 1.29 is 47.6 Å². The van der Waals surface area contributed by atoms with E-state index in [0.29, 0.717) is 75.6 Å². The smallest absolute Gasteiger partial charge is 0.343 e. The average Bonchev–Trinajstić information content (AvgIpc) is 3.30. The van der Waals surface area contributed by atoms with Gasteiger partial charge in [-0.1, -0.05) is 88.4 Å². The summed E-state index contributed by atoms with van der Waals surface area (Å²) in [6, 6.07) is 34.3. The molecule has 82 heavy (non-hydrogen) atoms. The van der Waals surface area contributed by atoms with E-state index in [1.54, 1.807) is 36.4 Å². The van der Waals surface area contributed by atoms with Gasteiger partial charge in [0.1, 0.15) is 0 Å². The summed E-state index contributed by atoms with van der Waals surface area (Å²) in [5.41, 5.74) is 6.57. The first kappa shape index (κ1) is 55.7. The number of rotatable bonds is 9. The number of benzene rings is 4. The monoisotopic (exact) mass is 1100 g/mol. The van der Waals surface area contributed by atoms with Crippen molar-refractivity contribution in [1.29, 1.82) is 10.5 Å². The van der Waals surface area contributed by atoms with Crippen LogP contribution in [0.4, 0.5) is 11.4 Å². The van der Waals surface area contributed by atoms with Crippen LogP contribution in [0.5, 0.6) is 0 Å². The highest BCUT2D eigenvalue weighted by Gasteiger charge is 2.52. The zero-order chi connectivity index (χ0) is 58.1. The van der Waals surface area contributed by atoms with Gasteiger partial charge in [0.05, 0.1) is 61.8 Å². The van der Waals surface area contributed by atoms with Crippen LogP contribution >= 0.6 is 0 Å². The molecule has 0 N–H and O–H groups in total. The number of methoxy groups -OCH3 is 2. The van der Waals surface area contributed by atoms with E-state index >= 15 is 0 Å². The van der Waals surface area contributed by atoms with E-state index in [2.05, 4.69) is 59.3 Å². The summed E-state index contributed by atoms with van der Waals surface area (Å²) in [6.07, 6.45) is 10.4. The molecule has 16 heteroatoms. The van der Waals surface area contributed by atoms with Crippen LogP contribution < -0.4 is 9.80 Å². The van der Waals surface area contributed by atoms with Gasteiger partial charge in [-0.25, -0.2) is 39.4 Å². The Balaban J connectivity index is 0.837. The van der Waals surface area contributed by atoms with Crippen LogP contribution in [-0.4, -0.2) is 49.7 Å². The van der Waals surface area contributed by atoms with E-state index in [9.17, 15) is 29.7 Å². The first-order valence-electron chi connectivity index (χ1n) is 27.2. The summed E-state index contributed by atoms with van der Waals surface area (Å²) in [5.74, 6) is -5.01. The molecule has 414 valence electrons. The average molecular weight is 1100 g/mol. The molecule has 2 aliphatic carbocycles. The number of carbonyl (C=O) groups is 4. The van der Waals surface area contributed by atoms with E-state index in [4.69, 9.17) is 41.6 Å². The fourth-order valence-electron chi connectivity index (χ4n) is 12.6. The number of hydrogen-bond acceptors (Lipinski definition) is 14. The molecule has 0 amide bonds. The molecule has 2 saturated carbocycles. The van der Waals surface area contributed by atoms with Crippen molar-refractivity contribution in [2.45, 2.75) is 115 Å². The Morgan fingerprint density at radius 2 is 0.927 bits per heavy atom. The molecular weight excluding hydrogens is 1040 g/mol. The van der Waals surface area contributed by atoms with Crippen LogP contribution in [0.15, 0.2) is 167 Å². The van der Waals surface area contributed by atoms with Crippen LogP contribution in [0.1, 0.15) is 122 Å². The molecule has 4 aromatic rings. The fraction of sp³-hybridized carbons (Fsp3) is 0.333. The number of hydrogen-bond donors (Lipinski definition) is 0. The van der Waals surface area contributed by atoms with Gasteiger partial charge in [0, 0.05) is 72.4 Å². The summed E-state index contributed by atoms with van der Waals surface area (Å²) < 4.78 is 35.3. The van der Waals surface area contributed by atoms with Gasteiger partial charge in [0.2, 0.25) is 0 Å². The number of nitrogens with zero attached hydrogens (tertiary/aromatic N) is 6. The Hall–Kier alpha value is -9.64. The summed E-state index contributed by atoms with van der Waals surface area (Å²) in [5, 5.41) is 20.4. The first-order valence-corrected chi connectivity index (χ1v) is 27.2. The molecule has 10 rings (SSSR count). The number of anilines is 2. The van der Waals surface area contributed by atoms with Gasteiger partial charge in [0.15, 0.2) is 11.5 Å². The second kappa shape index (κ2) is 22.1. The molecule has 2 saturated heterocycles. The SMILES string of the molecule is [C-]#[N+]\C(C#N)=C1/OC2(CCC(C3CCC4(CC3)OC(=O)C(=C/C=C3\N(Cc5ccc(C(=O)OC)cc5)c5ccccc5C3(C)C)/C(=C(/C#N)[N+]#[C-])O4)CC2)OC(=O)/C1=C/C=C1\N(Cc2ccc(C(=O)OC)cc2)c2ccccc2C1(C)C. The maximum absolute atomic E-state index is 14.3. The number of para-hydroxylation sites is 2. The van der Waals surface area contributed by atoms with Crippen molar-refractivity contribution in [2.75, 3.05) is 24.0 Å². The van der Waals surface area contributed by atoms with Gasteiger partial charge in [-0.3, -0.25) is 0 Å². The summed E-state index contributed by atoms with van der Waals surface area (Å²) in [4.78, 5) is 64.2. The third-order valence-corrected chi connectivity index (χ3v) is 17.0. The van der Waals surface area contributed by atoms with Crippen LogP contribution in [0.25, 0.3) is 9.69 Å². The Morgan fingerprint density at radius 1 is 0.573 bits per heavy atom. The van der Waals surface area contributed by atoms with Gasteiger partial charge in [-0.2, -0.15) is 0 Å². The molecule has 2 spiro atoms. The van der Waals surface area contributed by atoms with Gasteiger partial charge in [-0.15, -0.1) is 0 Å². The van der Waals surface area contributed by atoms with Gasteiger partial charge >= 0.3 is 35.3 Å². The summed E-state index contributed by atoms with van der Waals surface area (Å²) >= 11 is 0. The number of esters is 4. The minimum absolute atomic E-state index is 0.0434. The molecule has 4 fully saturated rings. The normalized spacial score (nSPS) is 26.3. The lowest BCUT2D eigenvalue weighted by Gasteiger charge is -2.47. The zero-order valence-corrected chi connectivity index (χ0v) is 46.5. The van der Waals surface area contributed by atoms with Crippen molar-refractivity contribution in [3.8, 4) is 12.1 Å². The molecule has 0 bridgehead atoms. The minimum atomic E-state index is -1.40. The van der Waals surface area contributed by atoms with Crippen molar-refractivity contribution in [1.82, 2.24) is 0 Å². The third kappa shape index (κ3) is 10.2. The highest BCUT2D eigenvalue weighted by Crippen LogP contribution is 2.53. The topological polar surface area (TPSA) is 186 Å². The maximum Gasteiger partial charge on any atom is 0.343 e. The minimum Gasteiger partial charge on any atom is -0.465 e. The fourth-order valence-corrected chi connectivity index (χ4v) is 12.6. The highest BCUT2D eigenvalue weighted by molar-refractivity contribution is 5.96. The zero-order valence-electron chi connectivity index (χ0n) is 46.5. The predicted molar refractivity (Wildman–Crippen MR) is 301 cm³/mol. The van der Waals surface area contributed by atoms with Crippen LogP contribution in [0, 0.1) is 47.6 Å². The van der Waals surface area contributed by atoms with E-state index in [1.807, 2.05) is 85.0 Å². The molecule has 0 aromatic heterocycles. The van der Waals surface area contributed by atoms with E-state index in [0.717, 1.165) is 45.0 Å². The Bertz CT molecular complexity index is 3390. The molecule has 6 aliphatic rings. The van der Waals surface area contributed by atoms with Gasteiger partial charge < -0.3 is 38.2 Å². The largest absolute Gasteiger partial charge is 0.465 e. The van der Waals surface area contributed by atoms with Gasteiger partial charge in [-0.05, 0) is 120 Å². The van der Waals surface area contributed by atoms with Gasteiger partial charge in [0.25, 0.3) is 11.6 Å². The third-order valence-electron chi connectivity index (χ3n) is 17.0. The van der Waals surface area contributed by atoms with Crippen LogP contribution in [0.3, 0.4) is 0 Å². The lowest BCUT2D eigenvalue weighted by Crippen LogP contribution is -2.48. The molecule has 16 nitrogen and oxygen atoms in total. The lowest BCUT2D eigenvalue weighted by atomic mass is 9.70. The Labute approximate surface area is 477 Å². The quantitative estimate of drug-likeness (QED) is 0.0506. The molecular formula is C66H60N6O10. The molecule has 0 radical (unpaired) electrons. The Kier molecular flexibility index (Phi) is 15.0.